The summed E-state index contributed by atoms with van der Waals surface area (Å²) in [6.07, 6.45) is 1.44. The smallest absolute Gasteiger partial charge is 0.376 e. The molecular formula is C24H28ClN5O5S. The van der Waals surface area contributed by atoms with Crippen LogP contribution in [-0.2, 0) is 27.4 Å². The molecule has 0 aliphatic carbocycles. The molecule has 0 saturated carbocycles. The number of esters is 1. The Morgan fingerprint density at radius 3 is 2.44 bits per heavy atom. The fraction of sp³-hybridized carbons (Fsp3) is 0.375. The molecule has 0 amide bonds. The first-order valence-corrected chi connectivity index (χ1v) is 12.2. The van der Waals surface area contributed by atoms with Crippen molar-refractivity contribution in [3.8, 4) is 11.3 Å². The Morgan fingerprint density at radius 1 is 1.19 bits per heavy atom. The number of pyridine rings is 1. The predicted molar refractivity (Wildman–Crippen MR) is 140 cm³/mol. The number of hydrogen-bond acceptors (Lipinski definition) is 9. The molecule has 3 rings (SSSR count). The molecule has 0 aliphatic rings. The van der Waals surface area contributed by atoms with E-state index in [0.29, 0.717) is 28.0 Å². The Bertz CT molecular complexity index is 1370. The van der Waals surface area contributed by atoms with E-state index in [1.54, 1.807) is 58.0 Å². The molecule has 0 aliphatic heterocycles. The Kier molecular flexibility index (Phi) is 8.05. The first-order chi connectivity index (χ1) is 16.8. The molecule has 3 aromatic rings. The molecule has 0 aromatic carbocycles. The molecule has 12 heteroatoms. The minimum Gasteiger partial charge on any atom is -0.463 e. The van der Waals surface area contributed by atoms with E-state index in [4.69, 9.17) is 11.6 Å². The van der Waals surface area contributed by atoms with Gasteiger partial charge in [0.15, 0.2) is 0 Å². The third kappa shape index (κ3) is 6.03. The van der Waals surface area contributed by atoms with Crippen LogP contribution in [0, 0.1) is 5.41 Å². The monoisotopic (exact) mass is 533 g/mol. The summed E-state index contributed by atoms with van der Waals surface area (Å²) < 4.78 is 7.57. The Morgan fingerprint density at radius 2 is 1.89 bits per heavy atom. The second-order valence-electron chi connectivity index (χ2n) is 9.30. The van der Waals surface area contributed by atoms with Gasteiger partial charge < -0.3 is 19.5 Å². The zero-order chi connectivity index (χ0) is 26.8. The highest BCUT2D eigenvalue weighted by Crippen LogP contribution is 2.28. The van der Waals surface area contributed by atoms with Crippen molar-refractivity contribution in [1.82, 2.24) is 14.3 Å². The van der Waals surface area contributed by atoms with E-state index in [1.807, 2.05) is 6.07 Å². The molecule has 192 valence electrons. The van der Waals surface area contributed by atoms with Crippen LogP contribution in [0.5, 0.6) is 0 Å². The normalized spacial score (nSPS) is 11.3. The summed E-state index contributed by atoms with van der Waals surface area (Å²) in [5.74, 6) is -1.68. The molecule has 0 bridgehead atoms. The highest BCUT2D eigenvalue weighted by Gasteiger charge is 2.27. The number of aromatic nitrogens is 3. The maximum Gasteiger partial charge on any atom is 0.376 e. The largest absolute Gasteiger partial charge is 0.463 e. The summed E-state index contributed by atoms with van der Waals surface area (Å²) in [6.45, 7) is 5.31. The van der Waals surface area contributed by atoms with Gasteiger partial charge in [0.05, 0.1) is 30.2 Å². The van der Waals surface area contributed by atoms with E-state index >= 15 is 0 Å². The van der Waals surface area contributed by atoms with Crippen LogP contribution in [0.15, 0.2) is 35.3 Å². The number of anilines is 2. The van der Waals surface area contributed by atoms with Crippen LogP contribution in [0.4, 0.5) is 11.5 Å². The molecule has 0 atom stereocenters. The standard InChI is InChI=1S/C24H28ClN5O5S/c1-24(2,3)23(34)30-20(26-11-15-7-8-19(25)36-15)10-16(27-30)14-9-17(28(4)5)21(32)29(12-14)13-18(31)22(33)35-6/h7-10,12,26H,11,13H2,1-6H3. The molecule has 0 radical (unpaired) electrons. The number of carbonyl (C=O) groups is 3. The zero-order valence-corrected chi connectivity index (χ0v) is 22.5. The van der Waals surface area contributed by atoms with Crippen molar-refractivity contribution in [3.63, 3.8) is 0 Å². The lowest BCUT2D eigenvalue weighted by Crippen LogP contribution is -2.31. The number of nitrogens with zero attached hydrogens (tertiary/aromatic N) is 4. The van der Waals surface area contributed by atoms with Crippen molar-refractivity contribution >= 4 is 52.1 Å². The second kappa shape index (κ2) is 10.7. The fourth-order valence-corrected chi connectivity index (χ4v) is 4.30. The van der Waals surface area contributed by atoms with Gasteiger partial charge in [0.1, 0.15) is 11.5 Å². The second-order valence-corrected chi connectivity index (χ2v) is 11.1. The van der Waals surface area contributed by atoms with Crippen molar-refractivity contribution in [3.05, 3.63) is 50.0 Å². The minimum atomic E-state index is -1.04. The van der Waals surface area contributed by atoms with E-state index in [9.17, 15) is 19.2 Å². The van der Waals surface area contributed by atoms with Gasteiger partial charge in [0.2, 0.25) is 0 Å². The summed E-state index contributed by atoms with van der Waals surface area (Å²) in [4.78, 5) is 52.5. The number of hydrogen-bond donors (Lipinski definition) is 1. The van der Waals surface area contributed by atoms with Gasteiger partial charge in [0, 0.05) is 42.2 Å². The molecule has 0 spiro atoms. The number of halogens is 1. The van der Waals surface area contributed by atoms with E-state index in [1.165, 1.54) is 22.2 Å². The van der Waals surface area contributed by atoms with Gasteiger partial charge in [-0.05, 0) is 18.2 Å². The molecule has 0 saturated heterocycles. The van der Waals surface area contributed by atoms with Gasteiger partial charge in [-0.25, -0.2) is 4.79 Å². The first-order valence-electron chi connectivity index (χ1n) is 11.0. The number of methoxy groups -OCH3 is 1. The number of Topliss-reactive ketones (excluding diaryl/α,β-unsaturated/α-hetero) is 1. The number of ketones is 1. The molecule has 0 unspecified atom stereocenters. The Hall–Kier alpha value is -3.44. The number of thiophene rings is 1. The van der Waals surface area contributed by atoms with Crippen LogP contribution >= 0.6 is 22.9 Å². The summed E-state index contributed by atoms with van der Waals surface area (Å²) >= 11 is 7.46. The summed E-state index contributed by atoms with van der Waals surface area (Å²) in [5.41, 5.74) is -0.00372. The van der Waals surface area contributed by atoms with Crippen molar-refractivity contribution in [2.24, 2.45) is 5.41 Å². The molecule has 36 heavy (non-hydrogen) atoms. The van der Waals surface area contributed by atoms with Crippen LogP contribution in [0.25, 0.3) is 11.3 Å². The van der Waals surface area contributed by atoms with E-state index < -0.39 is 29.3 Å². The molecule has 0 fully saturated rings. The van der Waals surface area contributed by atoms with Gasteiger partial charge >= 0.3 is 5.97 Å². The third-order valence-electron chi connectivity index (χ3n) is 5.19. The third-order valence-corrected chi connectivity index (χ3v) is 6.42. The highest BCUT2D eigenvalue weighted by molar-refractivity contribution is 7.16. The Balaban J connectivity index is 2.09. The van der Waals surface area contributed by atoms with Gasteiger partial charge in [-0.3, -0.25) is 14.4 Å². The van der Waals surface area contributed by atoms with Crippen molar-refractivity contribution < 1.29 is 19.1 Å². The van der Waals surface area contributed by atoms with Crippen LogP contribution in [0.1, 0.15) is 30.4 Å². The number of rotatable bonds is 8. The fourth-order valence-electron chi connectivity index (χ4n) is 3.28. The van der Waals surface area contributed by atoms with E-state index in [0.717, 1.165) is 16.6 Å². The van der Waals surface area contributed by atoms with Crippen LogP contribution in [-0.4, -0.2) is 53.2 Å². The molecule has 10 nitrogen and oxygen atoms in total. The van der Waals surface area contributed by atoms with Crippen LogP contribution in [0.3, 0.4) is 0 Å². The lowest BCUT2D eigenvalue weighted by molar-refractivity contribution is -0.151. The summed E-state index contributed by atoms with van der Waals surface area (Å²) in [6, 6.07) is 7.02. The van der Waals surface area contributed by atoms with Crippen molar-refractivity contribution in [2.75, 3.05) is 31.4 Å². The summed E-state index contributed by atoms with van der Waals surface area (Å²) in [7, 11) is 4.48. The molecule has 3 aromatic heterocycles. The lowest BCUT2D eigenvalue weighted by Gasteiger charge is -2.18. The number of carbonyl (C=O) groups excluding carboxylic acids is 3. The number of nitrogens with one attached hydrogen (secondary N) is 1. The SMILES string of the molecule is COC(=O)C(=O)Cn1cc(-c2cc(NCc3ccc(Cl)s3)n(C(=O)C(C)(C)C)n2)cc(N(C)C)c1=O. The highest BCUT2D eigenvalue weighted by atomic mass is 35.5. The maximum absolute atomic E-state index is 13.2. The maximum atomic E-state index is 13.2. The first kappa shape index (κ1) is 27.2. The predicted octanol–water partition coefficient (Wildman–Crippen LogP) is 3.53. The van der Waals surface area contributed by atoms with Gasteiger partial charge in [-0.15, -0.1) is 11.3 Å². The number of ether oxygens (including phenoxy) is 1. The van der Waals surface area contributed by atoms with Crippen LogP contribution < -0.4 is 15.8 Å². The van der Waals surface area contributed by atoms with Crippen LogP contribution in [0.2, 0.25) is 4.34 Å². The topological polar surface area (TPSA) is 116 Å². The van der Waals surface area contributed by atoms with Gasteiger partial charge in [-0.2, -0.15) is 9.78 Å². The minimum absolute atomic E-state index is 0.234. The average molecular weight is 534 g/mol. The lowest BCUT2D eigenvalue weighted by atomic mass is 9.96. The molecule has 1 N–H and O–H groups in total. The quantitative estimate of drug-likeness (QED) is 0.345. The zero-order valence-electron chi connectivity index (χ0n) is 20.9. The van der Waals surface area contributed by atoms with Gasteiger partial charge in [0.25, 0.3) is 17.2 Å². The molecule has 3 heterocycles. The van der Waals surface area contributed by atoms with E-state index in [2.05, 4.69) is 15.2 Å². The Labute approximate surface area is 217 Å². The van der Waals surface area contributed by atoms with Gasteiger partial charge in [-0.1, -0.05) is 32.4 Å². The van der Waals surface area contributed by atoms with Crippen molar-refractivity contribution in [1.29, 1.82) is 0 Å². The van der Waals surface area contributed by atoms with Crippen molar-refractivity contribution in [2.45, 2.75) is 33.9 Å². The van der Waals surface area contributed by atoms with E-state index in [-0.39, 0.29) is 11.6 Å². The molecular weight excluding hydrogens is 506 g/mol. The average Bonchev–Trinajstić information content (AvgIpc) is 3.42. The summed E-state index contributed by atoms with van der Waals surface area (Å²) in [5, 5.41) is 7.78.